The summed E-state index contributed by atoms with van der Waals surface area (Å²) in [7, 11) is 0. The number of hydrogen-bond acceptors (Lipinski definition) is 2. The van der Waals surface area contributed by atoms with Crippen LogP contribution in [0.2, 0.25) is 5.15 Å². The van der Waals surface area contributed by atoms with E-state index < -0.39 is 5.41 Å². The van der Waals surface area contributed by atoms with Crippen molar-refractivity contribution < 1.29 is 4.79 Å². The van der Waals surface area contributed by atoms with E-state index in [0.717, 1.165) is 3.70 Å². The van der Waals surface area contributed by atoms with Gasteiger partial charge < -0.3 is 5.32 Å². The Morgan fingerprint density at radius 1 is 1.47 bits per heavy atom. The van der Waals surface area contributed by atoms with Gasteiger partial charge in [-0.3, -0.25) is 4.79 Å². The Morgan fingerprint density at radius 2 is 2.07 bits per heavy atom. The van der Waals surface area contributed by atoms with Crippen molar-refractivity contribution in [2.75, 3.05) is 5.32 Å². The summed E-state index contributed by atoms with van der Waals surface area (Å²) < 4.78 is 0.798. The average Bonchev–Trinajstić information content (AvgIpc) is 2.08. The predicted molar refractivity (Wildman–Crippen MR) is 70.0 cm³/mol. The Kier molecular flexibility index (Phi) is 3.94. The van der Waals surface area contributed by atoms with E-state index >= 15 is 0 Å². The molecule has 1 N–H and O–H groups in total. The van der Waals surface area contributed by atoms with Gasteiger partial charge in [0, 0.05) is 5.41 Å². The zero-order valence-corrected chi connectivity index (χ0v) is 11.7. The smallest absolute Gasteiger partial charge is 0.229 e. The second-order valence-electron chi connectivity index (χ2n) is 4.18. The van der Waals surface area contributed by atoms with Crippen molar-refractivity contribution in [2.24, 2.45) is 5.41 Å². The molecular weight excluding hydrogens is 326 g/mol. The first-order valence-electron chi connectivity index (χ1n) is 4.44. The van der Waals surface area contributed by atoms with Crippen molar-refractivity contribution in [3.8, 4) is 0 Å². The Bertz CT molecular complexity index is 387. The van der Waals surface area contributed by atoms with Crippen LogP contribution in [0.1, 0.15) is 20.8 Å². The molecule has 1 heterocycles. The van der Waals surface area contributed by atoms with Gasteiger partial charge in [0.1, 0.15) is 3.70 Å². The molecule has 0 radical (unpaired) electrons. The number of hydrogen-bond donors (Lipinski definition) is 1. The Labute approximate surface area is 108 Å². The number of anilines is 1. The van der Waals surface area contributed by atoms with Crippen LogP contribution in [0.15, 0.2) is 12.1 Å². The SMILES string of the molecule is CC(C)(C)C(=O)Nc1ccc(I)nc1Cl. The summed E-state index contributed by atoms with van der Waals surface area (Å²) in [6.07, 6.45) is 0. The van der Waals surface area contributed by atoms with E-state index in [1.165, 1.54) is 0 Å². The monoisotopic (exact) mass is 338 g/mol. The van der Waals surface area contributed by atoms with Crippen LogP contribution in [-0.2, 0) is 4.79 Å². The third-order valence-electron chi connectivity index (χ3n) is 1.74. The topological polar surface area (TPSA) is 42.0 Å². The highest BCUT2D eigenvalue weighted by Gasteiger charge is 2.22. The number of halogens is 2. The van der Waals surface area contributed by atoms with Gasteiger partial charge in [-0.15, -0.1) is 0 Å². The summed E-state index contributed by atoms with van der Waals surface area (Å²) in [5, 5.41) is 3.06. The van der Waals surface area contributed by atoms with Crippen LogP contribution in [0.4, 0.5) is 5.69 Å². The lowest BCUT2D eigenvalue weighted by molar-refractivity contribution is -0.123. The molecule has 0 aliphatic rings. The van der Waals surface area contributed by atoms with Crippen LogP contribution in [0, 0.1) is 9.12 Å². The van der Waals surface area contributed by atoms with Gasteiger partial charge in [-0.2, -0.15) is 0 Å². The quantitative estimate of drug-likeness (QED) is 0.630. The largest absolute Gasteiger partial charge is 0.323 e. The second-order valence-corrected chi connectivity index (χ2v) is 5.64. The minimum absolute atomic E-state index is 0.0765. The zero-order valence-electron chi connectivity index (χ0n) is 8.77. The molecular formula is C10H12ClIN2O. The number of carbonyl (C=O) groups excluding carboxylic acids is 1. The number of nitrogens with one attached hydrogen (secondary N) is 1. The summed E-state index contributed by atoms with van der Waals surface area (Å²) in [4.78, 5) is 15.7. The molecule has 0 saturated heterocycles. The van der Waals surface area contributed by atoms with Gasteiger partial charge in [0.2, 0.25) is 5.91 Å². The molecule has 0 aliphatic heterocycles. The maximum absolute atomic E-state index is 11.7. The van der Waals surface area contributed by atoms with Gasteiger partial charge in [0.05, 0.1) is 5.69 Å². The Hall–Kier alpha value is -0.360. The molecule has 1 aromatic heterocycles. The van der Waals surface area contributed by atoms with Crippen LogP contribution in [0.5, 0.6) is 0 Å². The van der Waals surface area contributed by atoms with Crippen LogP contribution in [-0.4, -0.2) is 10.9 Å². The lowest BCUT2D eigenvalue weighted by Gasteiger charge is -2.17. The molecule has 3 nitrogen and oxygen atoms in total. The van der Waals surface area contributed by atoms with Crippen molar-refractivity contribution in [3.05, 3.63) is 21.0 Å². The fourth-order valence-corrected chi connectivity index (χ4v) is 1.58. The number of pyridine rings is 1. The number of carbonyl (C=O) groups is 1. The first-order valence-corrected chi connectivity index (χ1v) is 5.90. The van der Waals surface area contributed by atoms with Gasteiger partial charge in [0.15, 0.2) is 5.15 Å². The molecule has 0 fully saturated rings. The molecule has 0 bridgehead atoms. The third kappa shape index (κ3) is 3.61. The molecule has 1 rings (SSSR count). The van der Waals surface area contributed by atoms with E-state index in [1.807, 2.05) is 20.8 Å². The minimum atomic E-state index is -0.438. The maximum Gasteiger partial charge on any atom is 0.229 e. The first-order chi connectivity index (χ1) is 6.80. The highest BCUT2D eigenvalue weighted by atomic mass is 127. The van der Waals surface area contributed by atoms with Crippen LogP contribution in [0.3, 0.4) is 0 Å². The van der Waals surface area contributed by atoms with Crippen molar-refractivity contribution in [2.45, 2.75) is 20.8 Å². The van der Waals surface area contributed by atoms with Gasteiger partial charge in [-0.1, -0.05) is 32.4 Å². The molecule has 0 aromatic carbocycles. The van der Waals surface area contributed by atoms with Crippen LogP contribution < -0.4 is 5.32 Å². The number of aromatic nitrogens is 1. The second kappa shape index (κ2) is 4.65. The van der Waals surface area contributed by atoms with Gasteiger partial charge in [-0.25, -0.2) is 4.98 Å². The van der Waals surface area contributed by atoms with Crippen molar-refractivity contribution in [1.82, 2.24) is 4.98 Å². The summed E-state index contributed by atoms with van der Waals surface area (Å²) in [5.74, 6) is -0.0765. The summed E-state index contributed by atoms with van der Waals surface area (Å²) in [6, 6.07) is 3.55. The number of nitrogens with zero attached hydrogens (tertiary/aromatic N) is 1. The molecule has 0 unspecified atom stereocenters. The zero-order chi connectivity index (χ0) is 11.6. The molecule has 0 spiro atoms. The lowest BCUT2D eigenvalue weighted by atomic mass is 9.96. The van der Waals surface area contributed by atoms with Crippen molar-refractivity contribution in [1.29, 1.82) is 0 Å². The molecule has 0 aliphatic carbocycles. The number of rotatable bonds is 1. The van der Waals surface area contributed by atoms with Gasteiger partial charge in [0.25, 0.3) is 0 Å². The minimum Gasteiger partial charge on any atom is -0.323 e. The Balaban J connectivity index is 2.87. The molecule has 0 atom stereocenters. The van der Waals surface area contributed by atoms with Gasteiger partial charge >= 0.3 is 0 Å². The molecule has 15 heavy (non-hydrogen) atoms. The van der Waals surface area contributed by atoms with Crippen LogP contribution >= 0.6 is 34.2 Å². The van der Waals surface area contributed by atoms with E-state index in [2.05, 4.69) is 32.9 Å². The molecule has 1 amide bonds. The van der Waals surface area contributed by atoms with Crippen molar-refractivity contribution in [3.63, 3.8) is 0 Å². The lowest BCUT2D eigenvalue weighted by Crippen LogP contribution is -2.27. The van der Waals surface area contributed by atoms with Gasteiger partial charge in [-0.05, 0) is 34.7 Å². The van der Waals surface area contributed by atoms with E-state index in [-0.39, 0.29) is 5.91 Å². The van der Waals surface area contributed by atoms with Crippen molar-refractivity contribution >= 4 is 45.8 Å². The average molecular weight is 339 g/mol. The highest BCUT2D eigenvalue weighted by molar-refractivity contribution is 14.1. The first kappa shape index (κ1) is 12.7. The summed E-state index contributed by atoms with van der Waals surface area (Å²) >= 11 is 7.96. The fourth-order valence-electron chi connectivity index (χ4n) is 0.815. The Morgan fingerprint density at radius 3 is 2.53 bits per heavy atom. The fraction of sp³-hybridized carbons (Fsp3) is 0.400. The van der Waals surface area contributed by atoms with E-state index in [9.17, 15) is 4.79 Å². The van der Waals surface area contributed by atoms with E-state index in [4.69, 9.17) is 11.6 Å². The predicted octanol–water partition coefficient (Wildman–Crippen LogP) is 3.32. The third-order valence-corrected chi connectivity index (χ3v) is 2.63. The normalized spacial score (nSPS) is 11.3. The summed E-state index contributed by atoms with van der Waals surface area (Å²) in [6.45, 7) is 5.53. The maximum atomic E-state index is 11.7. The standard InChI is InChI=1S/C10H12ClIN2O/c1-10(2,3)9(15)13-6-4-5-7(12)14-8(6)11/h4-5H,1-3H3,(H,13,15). The molecule has 82 valence electrons. The summed E-state index contributed by atoms with van der Waals surface area (Å²) in [5.41, 5.74) is 0.115. The molecule has 0 saturated carbocycles. The van der Waals surface area contributed by atoms with E-state index in [0.29, 0.717) is 10.8 Å². The number of amides is 1. The van der Waals surface area contributed by atoms with Crippen LogP contribution in [0.25, 0.3) is 0 Å². The molecule has 1 aromatic rings. The van der Waals surface area contributed by atoms with E-state index in [1.54, 1.807) is 12.1 Å². The highest BCUT2D eigenvalue weighted by Crippen LogP contribution is 2.23. The molecule has 5 heteroatoms.